The molecular formula is C22H19N3O2S2. The van der Waals surface area contributed by atoms with Gasteiger partial charge in [-0.05, 0) is 50.1 Å². The molecule has 2 aromatic carbocycles. The molecule has 0 spiro atoms. The van der Waals surface area contributed by atoms with Gasteiger partial charge in [0.15, 0.2) is 11.5 Å². The summed E-state index contributed by atoms with van der Waals surface area (Å²) < 4.78 is 12.0. The monoisotopic (exact) mass is 421 g/mol. The summed E-state index contributed by atoms with van der Waals surface area (Å²) >= 11 is 3.34. The maximum Gasteiger partial charge on any atom is 0.231 e. The zero-order valence-electron chi connectivity index (χ0n) is 16.4. The molecule has 29 heavy (non-hydrogen) atoms. The zero-order valence-corrected chi connectivity index (χ0v) is 18.0. The Morgan fingerprint density at radius 2 is 1.86 bits per heavy atom. The van der Waals surface area contributed by atoms with Crippen LogP contribution in [0.4, 0.5) is 0 Å². The van der Waals surface area contributed by atoms with E-state index in [1.165, 1.54) is 16.7 Å². The molecule has 0 fully saturated rings. The van der Waals surface area contributed by atoms with Crippen LogP contribution >= 0.6 is 23.1 Å². The highest BCUT2D eigenvalue weighted by molar-refractivity contribution is 7.98. The van der Waals surface area contributed by atoms with E-state index in [1.807, 2.05) is 25.1 Å². The van der Waals surface area contributed by atoms with Crippen molar-refractivity contribution in [2.45, 2.75) is 31.6 Å². The van der Waals surface area contributed by atoms with Crippen LogP contribution < -0.4 is 9.47 Å². The van der Waals surface area contributed by atoms with Crippen molar-refractivity contribution in [3.05, 3.63) is 58.1 Å². The van der Waals surface area contributed by atoms with Gasteiger partial charge in [-0.3, -0.25) is 0 Å². The van der Waals surface area contributed by atoms with E-state index >= 15 is 0 Å². The van der Waals surface area contributed by atoms with E-state index in [2.05, 4.69) is 42.2 Å². The first-order chi connectivity index (χ1) is 14.1. The zero-order chi connectivity index (χ0) is 20.0. The summed E-state index contributed by atoms with van der Waals surface area (Å²) in [5.74, 6) is 2.35. The summed E-state index contributed by atoms with van der Waals surface area (Å²) in [6.45, 7) is 6.54. The first-order valence-electron chi connectivity index (χ1n) is 9.31. The minimum atomic E-state index is 0.257. The van der Waals surface area contributed by atoms with Crippen molar-refractivity contribution in [3.8, 4) is 22.8 Å². The van der Waals surface area contributed by atoms with Crippen LogP contribution in [0.3, 0.4) is 0 Å². The molecule has 0 unspecified atom stereocenters. The number of hydrogen-bond acceptors (Lipinski definition) is 7. The Bertz CT molecular complexity index is 1240. The summed E-state index contributed by atoms with van der Waals surface area (Å²) in [6, 6.07) is 12.4. The van der Waals surface area contributed by atoms with Gasteiger partial charge >= 0.3 is 0 Å². The lowest BCUT2D eigenvalue weighted by Gasteiger charge is -2.08. The summed E-state index contributed by atoms with van der Waals surface area (Å²) in [5.41, 5.74) is 6.59. The number of aromatic nitrogens is 3. The van der Waals surface area contributed by atoms with E-state index in [1.54, 1.807) is 23.1 Å². The summed E-state index contributed by atoms with van der Waals surface area (Å²) in [7, 11) is 0. The third kappa shape index (κ3) is 3.45. The third-order valence-electron chi connectivity index (χ3n) is 4.91. The van der Waals surface area contributed by atoms with Crippen molar-refractivity contribution < 1.29 is 9.47 Å². The number of hydrogen-bond donors (Lipinski definition) is 0. The molecule has 5 nitrogen and oxygen atoms in total. The second-order valence-corrected chi connectivity index (χ2v) is 9.22. The van der Waals surface area contributed by atoms with Gasteiger partial charge < -0.3 is 9.47 Å². The summed E-state index contributed by atoms with van der Waals surface area (Å²) in [5, 5.41) is 11.0. The minimum absolute atomic E-state index is 0.257. The second kappa shape index (κ2) is 7.31. The molecule has 0 amide bonds. The molecule has 0 radical (unpaired) electrons. The van der Waals surface area contributed by atoms with Crippen LogP contribution in [0.1, 0.15) is 21.7 Å². The fraction of sp³-hybridized carbons (Fsp3) is 0.227. The third-order valence-corrected chi connectivity index (χ3v) is 6.89. The van der Waals surface area contributed by atoms with E-state index in [-0.39, 0.29) is 6.79 Å². The van der Waals surface area contributed by atoms with Crippen molar-refractivity contribution in [3.63, 3.8) is 0 Å². The number of benzene rings is 2. The van der Waals surface area contributed by atoms with E-state index in [0.29, 0.717) is 0 Å². The molecule has 146 valence electrons. The molecule has 0 saturated heterocycles. The van der Waals surface area contributed by atoms with Gasteiger partial charge in [-0.15, -0.1) is 21.5 Å². The molecule has 2 aromatic heterocycles. The van der Waals surface area contributed by atoms with Crippen molar-refractivity contribution in [2.24, 2.45) is 0 Å². The van der Waals surface area contributed by atoms with E-state index in [4.69, 9.17) is 14.5 Å². The Balaban J connectivity index is 1.52. The van der Waals surface area contributed by atoms with Gasteiger partial charge in [0.2, 0.25) is 6.79 Å². The number of aryl methyl sites for hydroxylation is 3. The average molecular weight is 422 g/mol. The highest BCUT2D eigenvalue weighted by Crippen LogP contribution is 2.40. The Hall–Kier alpha value is -2.64. The van der Waals surface area contributed by atoms with Crippen LogP contribution in [0.2, 0.25) is 0 Å². The van der Waals surface area contributed by atoms with Crippen molar-refractivity contribution in [1.29, 1.82) is 0 Å². The Morgan fingerprint density at radius 3 is 2.76 bits per heavy atom. The number of nitrogens with zero attached hydrogens (tertiary/aromatic N) is 3. The molecule has 1 aliphatic heterocycles. The number of rotatable bonds is 4. The molecule has 3 heterocycles. The highest BCUT2D eigenvalue weighted by Gasteiger charge is 2.19. The van der Waals surface area contributed by atoms with Gasteiger partial charge in [0.1, 0.15) is 16.2 Å². The second-order valence-electron chi connectivity index (χ2n) is 7.05. The van der Waals surface area contributed by atoms with Gasteiger partial charge in [0.25, 0.3) is 0 Å². The molecule has 0 aliphatic carbocycles. The number of ether oxygens (including phenoxy) is 2. The van der Waals surface area contributed by atoms with Gasteiger partial charge in [-0.25, -0.2) is 4.98 Å². The lowest BCUT2D eigenvalue weighted by atomic mass is 10.1. The Morgan fingerprint density at radius 1 is 1.00 bits per heavy atom. The molecular weight excluding hydrogens is 402 g/mol. The number of thioether (sulfide) groups is 1. The van der Waals surface area contributed by atoms with E-state index in [9.17, 15) is 0 Å². The molecule has 5 rings (SSSR count). The molecule has 0 saturated carbocycles. The van der Waals surface area contributed by atoms with Gasteiger partial charge in [-0.2, -0.15) is 0 Å². The fourth-order valence-corrected chi connectivity index (χ4v) is 5.33. The first kappa shape index (κ1) is 18.4. The lowest BCUT2D eigenvalue weighted by molar-refractivity contribution is 0.174. The van der Waals surface area contributed by atoms with Gasteiger partial charge in [0.05, 0.1) is 9.71 Å². The maximum atomic E-state index is 5.52. The predicted octanol–water partition coefficient (Wildman–Crippen LogP) is 5.70. The molecule has 1 aliphatic rings. The van der Waals surface area contributed by atoms with Crippen LogP contribution in [-0.4, -0.2) is 22.0 Å². The summed E-state index contributed by atoms with van der Waals surface area (Å²) in [4.78, 5) is 4.76. The fourth-order valence-electron chi connectivity index (χ4n) is 3.35. The number of fused-ring (bicyclic) bond motifs is 2. The highest BCUT2D eigenvalue weighted by atomic mass is 32.2. The van der Waals surface area contributed by atoms with Crippen LogP contribution in [0.5, 0.6) is 11.5 Å². The normalized spacial score (nSPS) is 12.7. The molecule has 0 bridgehead atoms. The summed E-state index contributed by atoms with van der Waals surface area (Å²) in [6.07, 6.45) is 0. The van der Waals surface area contributed by atoms with Crippen LogP contribution in [0.25, 0.3) is 21.5 Å². The molecule has 4 aromatic rings. The smallest absolute Gasteiger partial charge is 0.231 e. The van der Waals surface area contributed by atoms with Crippen molar-refractivity contribution in [1.82, 2.24) is 15.2 Å². The molecule has 0 N–H and O–H groups in total. The Labute approximate surface area is 177 Å². The maximum absolute atomic E-state index is 5.52. The van der Waals surface area contributed by atoms with Gasteiger partial charge in [-0.1, -0.05) is 35.5 Å². The minimum Gasteiger partial charge on any atom is -0.454 e. The quantitative estimate of drug-likeness (QED) is 0.394. The standard InChI is InChI=1S/C22H19N3O2S2/c1-12-4-5-13(2)16(8-12)10-28-22-20-21(29-14(3)23-20)19(24-25-22)15-6-7-17-18(9-15)27-11-26-17/h4-9H,10-11H2,1-3H3. The average Bonchev–Trinajstić information content (AvgIpc) is 3.33. The van der Waals surface area contributed by atoms with Crippen molar-refractivity contribution >= 4 is 33.3 Å². The molecule has 0 atom stereocenters. The Kier molecular flexibility index (Phi) is 4.64. The van der Waals surface area contributed by atoms with E-state index < -0.39 is 0 Å². The van der Waals surface area contributed by atoms with Crippen molar-refractivity contribution in [2.75, 3.05) is 6.79 Å². The topological polar surface area (TPSA) is 57.1 Å². The van der Waals surface area contributed by atoms with Crippen LogP contribution in [-0.2, 0) is 5.75 Å². The first-order valence-corrected chi connectivity index (χ1v) is 11.1. The van der Waals surface area contributed by atoms with Crippen LogP contribution in [0.15, 0.2) is 41.4 Å². The SMILES string of the molecule is Cc1ccc(C)c(CSc2nnc(-c3ccc4c(c3)OCO4)c3sc(C)nc23)c1. The predicted molar refractivity (Wildman–Crippen MR) is 117 cm³/mol. The molecule has 7 heteroatoms. The van der Waals surface area contributed by atoms with Gasteiger partial charge in [0, 0.05) is 11.3 Å². The lowest BCUT2D eigenvalue weighted by Crippen LogP contribution is -1.94. The van der Waals surface area contributed by atoms with Crippen LogP contribution in [0, 0.1) is 20.8 Å². The van der Waals surface area contributed by atoms with E-state index in [0.717, 1.165) is 48.8 Å². The largest absolute Gasteiger partial charge is 0.454 e. The number of thiazole rings is 1.